The summed E-state index contributed by atoms with van der Waals surface area (Å²) in [5, 5.41) is 6.98. The fourth-order valence-electron chi connectivity index (χ4n) is 4.49. The van der Waals surface area contributed by atoms with Crippen LogP contribution < -0.4 is 15.8 Å². The Morgan fingerprint density at radius 3 is 2.51 bits per heavy atom. The number of alkyl halides is 3. The molecule has 0 fully saturated rings. The van der Waals surface area contributed by atoms with E-state index in [0.29, 0.717) is 23.6 Å². The molecule has 0 saturated carbocycles. The van der Waals surface area contributed by atoms with Crippen molar-refractivity contribution in [1.82, 2.24) is 15.0 Å². The minimum atomic E-state index is -4.49. The number of fused-ring (bicyclic) bond motifs is 1. The van der Waals surface area contributed by atoms with Gasteiger partial charge in [0.05, 0.1) is 29.2 Å². The first kappa shape index (κ1) is 26.4. The van der Waals surface area contributed by atoms with Gasteiger partial charge in [-0.3, -0.25) is 0 Å². The number of thiazole rings is 1. The number of nitrogen functional groups attached to an aromatic ring is 1. The molecule has 3 N–H and O–H groups in total. The van der Waals surface area contributed by atoms with Crippen LogP contribution in [-0.2, 0) is 12.6 Å². The monoisotopic (exact) mass is 549 g/mol. The molecular formula is C29H26F3N5OS. The van der Waals surface area contributed by atoms with Crippen LogP contribution in [-0.4, -0.2) is 22.1 Å². The summed E-state index contributed by atoms with van der Waals surface area (Å²) in [6.45, 7) is 3.55. The van der Waals surface area contributed by atoms with Crippen LogP contribution in [0.5, 0.6) is 5.75 Å². The Bertz CT molecular complexity index is 1640. The lowest BCUT2D eigenvalue weighted by atomic mass is 10.00. The Morgan fingerprint density at radius 1 is 1.03 bits per heavy atom. The predicted molar refractivity (Wildman–Crippen MR) is 149 cm³/mol. The minimum Gasteiger partial charge on any atom is -0.496 e. The molecule has 0 spiro atoms. The van der Waals surface area contributed by atoms with Crippen molar-refractivity contribution in [2.24, 2.45) is 0 Å². The number of aromatic nitrogens is 3. The SMILES string of the molecule is COc1cc(-c2ccc3nc(C)nc(NC(C)c4cc(N)cc(C(F)(F)F)c4)c3c2)ccc1Cc1nccs1. The van der Waals surface area contributed by atoms with E-state index < -0.39 is 17.8 Å². The van der Waals surface area contributed by atoms with E-state index in [1.807, 2.05) is 41.8 Å². The maximum absolute atomic E-state index is 13.4. The molecule has 5 rings (SSSR count). The van der Waals surface area contributed by atoms with Crippen LogP contribution in [0.25, 0.3) is 22.0 Å². The minimum absolute atomic E-state index is 0.0479. The molecule has 2 aromatic heterocycles. The molecule has 0 radical (unpaired) electrons. The van der Waals surface area contributed by atoms with Gasteiger partial charge in [0.1, 0.15) is 17.4 Å². The van der Waals surface area contributed by atoms with Crippen molar-refractivity contribution < 1.29 is 17.9 Å². The van der Waals surface area contributed by atoms with E-state index in [-0.39, 0.29) is 5.69 Å². The number of nitrogens with two attached hydrogens (primary N) is 1. The average molecular weight is 550 g/mol. The molecule has 3 aromatic carbocycles. The third-order valence-electron chi connectivity index (χ3n) is 6.41. The van der Waals surface area contributed by atoms with Gasteiger partial charge in [0, 0.05) is 34.6 Å². The quantitative estimate of drug-likeness (QED) is 0.205. The highest BCUT2D eigenvalue weighted by Crippen LogP contribution is 2.35. The molecule has 5 aromatic rings. The summed E-state index contributed by atoms with van der Waals surface area (Å²) < 4.78 is 45.8. The molecule has 1 unspecified atom stereocenters. The van der Waals surface area contributed by atoms with Crippen molar-refractivity contribution in [3.05, 3.63) is 93.7 Å². The van der Waals surface area contributed by atoms with Crippen LogP contribution in [0.3, 0.4) is 0 Å². The molecule has 1 atom stereocenters. The zero-order chi connectivity index (χ0) is 27.7. The Labute approximate surface area is 227 Å². The smallest absolute Gasteiger partial charge is 0.416 e. The molecule has 200 valence electrons. The summed E-state index contributed by atoms with van der Waals surface area (Å²) in [6.07, 6.45) is -2.03. The second-order valence-corrected chi connectivity index (χ2v) is 10.2. The number of nitrogens with one attached hydrogen (secondary N) is 1. The summed E-state index contributed by atoms with van der Waals surface area (Å²) in [5.74, 6) is 1.83. The molecular weight excluding hydrogens is 523 g/mol. The Morgan fingerprint density at radius 2 is 1.79 bits per heavy atom. The summed E-state index contributed by atoms with van der Waals surface area (Å²) in [4.78, 5) is 13.5. The largest absolute Gasteiger partial charge is 0.496 e. The molecule has 6 nitrogen and oxygen atoms in total. The van der Waals surface area contributed by atoms with Gasteiger partial charge >= 0.3 is 6.18 Å². The van der Waals surface area contributed by atoms with Crippen molar-refractivity contribution in [3.63, 3.8) is 0 Å². The van der Waals surface area contributed by atoms with Crippen LogP contribution in [0.15, 0.2) is 66.2 Å². The van der Waals surface area contributed by atoms with Gasteiger partial charge in [-0.1, -0.05) is 18.2 Å². The molecule has 2 heterocycles. The second kappa shape index (κ2) is 10.5. The third kappa shape index (κ3) is 5.80. The van der Waals surface area contributed by atoms with E-state index in [2.05, 4.69) is 20.3 Å². The topological polar surface area (TPSA) is 86.0 Å². The van der Waals surface area contributed by atoms with Crippen LogP contribution in [0.2, 0.25) is 0 Å². The zero-order valence-corrected chi connectivity index (χ0v) is 22.3. The van der Waals surface area contributed by atoms with Crippen molar-refractivity contribution in [1.29, 1.82) is 0 Å². The van der Waals surface area contributed by atoms with E-state index in [0.717, 1.165) is 50.5 Å². The summed E-state index contributed by atoms with van der Waals surface area (Å²) in [7, 11) is 1.64. The molecule has 0 aliphatic heterocycles. The number of halogens is 3. The first-order chi connectivity index (χ1) is 18.6. The highest BCUT2D eigenvalue weighted by molar-refractivity contribution is 7.09. The Balaban J connectivity index is 1.50. The number of anilines is 2. The van der Waals surface area contributed by atoms with Crippen molar-refractivity contribution in [2.75, 3.05) is 18.2 Å². The summed E-state index contributed by atoms with van der Waals surface area (Å²) in [6, 6.07) is 15.0. The first-order valence-corrected chi connectivity index (χ1v) is 13.1. The second-order valence-electron chi connectivity index (χ2n) is 9.23. The fraction of sp³-hybridized carbons (Fsp3) is 0.207. The summed E-state index contributed by atoms with van der Waals surface area (Å²) in [5.41, 5.74) is 9.08. The van der Waals surface area contributed by atoms with Crippen molar-refractivity contribution >= 4 is 33.7 Å². The van der Waals surface area contributed by atoms with Gasteiger partial charge in [-0.2, -0.15) is 13.2 Å². The van der Waals surface area contributed by atoms with Gasteiger partial charge in [0.2, 0.25) is 0 Å². The lowest BCUT2D eigenvalue weighted by molar-refractivity contribution is -0.137. The van der Waals surface area contributed by atoms with E-state index >= 15 is 0 Å². The predicted octanol–water partition coefficient (Wildman–Crippen LogP) is 7.44. The maximum atomic E-state index is 13.4. The lowest BCUT2D eigenvalue weighted by Crippen LogP contribution is -2.12. The van der Waals surface area contributed by atoms with Gasteiger partial charge in [0.25, 0.3) is 0 Å². The number of methoxy groups -OCH3 is 1. The molecule has 0 aliphatic rings. The number of nitrogens with zero attached hydrogens (tertiary/aromatic N) is 3. The number of benzene rings is 3. The van der Waals surface area contributed by atoms with Crippen LogP contribution in [0.4, 0.5) is 24.7 Å². The average Bonchev–Trinajstić information content (AvgIpc) is 3.41. The molecule has 10 heteroatoms. The van der Waals surface area contributed by atoms with E-state index in [9.17, 15) is 13.2 Å². The standard InChI is InChI=1S/C29H26F3N5OS/c1-16(21-10-22(29(30,31)32)15-23(33)11-21)35-28-24-12-18(6-7-25(24)36-17(2)37-28)19-4-5-20(26(13-19)38-3)14-27-34-8-9-39-27/h4-13,15-16H,14,33H2,1-3H3,(H,35,36,37). The van der Waals surface area contributed by atoms with E-state index in [1.165, 1.54) is 6.07 Å². The summed E-state index contributed by atoms with van der Waals surface area (Å²) >= 11 is 1.60. The maximum Gasteiger partial charge on any atom is 0.416 e. The molecule has 0 saturated heterocycles. The molecule has 0 amide bonds. The number of hydrogen-bond acceptors (Lipinski definition) is 7. The number of aryl methyl sites for hydroxylation is 1. The fourth-order valence-corrected chi connectivity index (χ4v) is 5.13. The van der Waals surface area contributed by atoms with Crippen molar-refractivity contribution in [2.45, 2.75) is 32.5 Å². The number of rotatable bonds is 7. The normalized spacial score (nSPS) is 12.5. The van der Waals surface area contributed by atoms with Crippen LogP contribution >= 0.6 is 11.3 Å². The van der Waals surface area contributed by atoms with Crippen molar-refractivity contribution in [3.8, 4) is 16.9 Å². The highest BCUT2D eigenvalue weighted by atomic mass is 32.1. The van der Waals surface area contributed by atoms with Gasteiger partial charge in [-0.15, -0.1) is 11.3 Å². The van der Waals surface area contributed by atoms with Crippen LogP contribution in [0, 0.1) is 6.92 Å². The van der Waals surface area contributed by atoms with E-state index in [1.54, 1.807) is 38.5 Å². The van der Waals surface area contributed by atoms with Gasteiger partial charge in [-0.25, -0.2) is 15.0 Å². The lowest BCUT2D eigenvalue weighted by Gasteiger charge is -2.19. The van der Waals surface area contributed by atoms with Gasteiger partial charge in [0.15, 0.2) is 0 Å². The Hall–Kier alpha value is -4.18. The zero-order valence-electron chi connectivity index (χ0n) is 21.5. The molecule has 0 aliphatic carbocycles. The third-order valence-corrected chi connectivity index (χ3v) is 7.19. The van der Waals surface area contributed by atoms with Gasteiger partial charge in [-0.05, 0) is 66.9 Å². The molecule has 39 heavy (non-hydrogen) atoms. The first-order valence-electron chi connectivity index (χ1n) is 12.2. The van der Waals surface area contributed by atoms with Crippen LogP contribution in [0.1, 0.15) is 40.5 Å². The van der Waals surface area contributed by atoms with Gasteiger partial charge < -0.3 is 15.8 Å². The molecule has 0 bridgehead atoms. The number of ether oxygens (including phenoxy) is 1. The highest BCUT2D eigenvalue weighted by Gasteiger charge is 2.31. The van der Waals surface area contributed by atoms with E-state index in [4.69, 9.17) is 10.5 Å². The Kier molecular flexibility index (Phi) is 7.14. The number of hydrogen-bond donors (Lipinski definition) is 2.